The smallest absolute Gasteiger partial charge is 0.243 e. The highest BCUT2D eigenvalue weighted by Crippen LogP contribution is 2.23. The molecule has 0 aliphatic carbocycles. The molecule has 0 radical (unpaired) electrons. The fourth-order valence-electron chi connectivity index (χ4n) is 2.13. The topological polar surface area (TPSA) is 61.4 Å². The van der Waals surface area contributed by atoms with Crippen molar-refractivity contribution in [1.82, 2.24) is 0 Å². The molecule has 0 aliphatic heterocycles. The van der Waals surface area contributed by atoms with Crippen LogP contribution in [0, 0.1) is 0 Å². The van der Waals surface area contributed by atoms with Gasteiger partial charge in [0.15, 0.2) is 0 Å². The van der Waals surface area contributed by atoms with Crippen LogP contribution in [0.5, 0.6) is 0 Å². The number of benzene rings is 2. The number of aliphatic hydroxyl groups is 1. The SMILES string of the molecule is CCc1ccccc1NC(=O)CNc1cc(CO)ccc1Cl. The highest BCUT2D eigenvalue weighted by Gasteiger charge is 2.07. The first-order valence-corrected chi connectivity index (χ1v) is 7.52. The summed E-state index contributed by atoms with van der Waals surface area (Å²) in [6, 6.07) is 12.9. The fraction of sp³-hybridized carbons (Fsp3) is 0.235. The van der Waals surface area contributed by atoms with Crippen molar-refractivity contribution in [2.75, 3.05) is 17.2 Å². The summed E-state index contributed by atoms with van der Waals surface area (Å²) in [6.45, 7) is 2.08. The number of hydrogen-bond acceptors (Lipinski definition) is 3. The Morgan fingerprint density at radius 3 is 2.68 bits per heavy atom. The van der Waals surface area contributed by atoms with Gasteiger partial charge in [-0.15, -0.1) is 0 Å². The molecular formula is C17H19ClN2O2. The summed E-state index contributed by atoms with van der Waals surface area (Å²) in [5.41, 5.74) is 3.29. The summed E-state index contributed by atoms with van der Waals surface area (Å²) in [6.07, 6.45) is 0.855. The summed E-state index contributed by atoms with van der Waals surface area (Å²) in [5.74, 6) is -0.147. The molecule has 2 aromatic rings. The molecule has 0 atom stereocenters. The van der Waals surface area contributed by atoms with Crippen molar-refractivity contribution in [2.24, 2.45) is 0 Å². The van der Waals surface area contributed by atoms with Gasteiger partial charge in [0.2, 0.25) is 5.91 Å². The van der Waals surface area contributed by atoms with E-state index >= 15 is 0 Å². The molecule has 0 saturated carbocycles. The highest BCUT2D eigenvalue weighted by atomic mass is 35.5. The molecule has 0 unspecified atom stereocenters. The summed E-state index contributed by atoms with van der Waals surface area (Å²) < 4.78 is 0. The Balaban J connectivity index is 1.98. The molecule has 2 aromatic carbocycles. The minimum absolute atomic E-state index is 0.0675. The second-order valence-corrected chi connectivity index (χ2v) is 5.29. The molecule has 0 saturated heterocycles. The maximum Gasteiger partial charge on any atom is 0.243 e. The number of carbonyl (C=O) groups excluding carboxylic acids is 1. The van der Waals surface area contributed by atoms with Crippen LogP contribution in [0.25, 0.3) is 0 Å². The average Bonchev–Trinajstić information content (AvgIpc) is 2.54. The first-order chi connectivity index (χ1) is 10.6. The Hall–Kier alpha value is -2.04. The third-order valence-electron chi connectivity index (χ3n) is 3.33. The van der Waals surface area contributed by atoms with Gasteiger partial charge in [0.05, 0.1) is 23.9 Å². The number of aryl methyl sites for hydroxylation is 1. The number of carbonyl (C=O) groups is 1. The molecule has 0 bridgehead atoms. The lowest BCUT2D eigenvalue weighted by Gasteiger charge is -2.12. The minimum Gasteiger partial charge on any atom is -0.392 e. The Morgan fingerprint density at radius 1 is 1.18 bits per heavy atom. The van der Waals surface area contributed by atoms with Gasteiger partial charge in [-0.3, -0.25) is 4.79 Å². The third-order valence-corrected chi connectivity index (χ3v) is 3.65. The van der Waals surface area contributed by atoms with Crippen LogP contribution in [0.2, 0.25) is 5.02 Å². The third kappa shape index (κ3) is 4.23. The molecule has 0 heterocycles. The lowest BCUT2D eigenvalue weighted by molar-refractivity contribution is -0.114. The van der Waals surface area contributed by atoms with E-state index in [-0.39, 0.29) is 19.1 Å². The van der Waals surface area contributed by atoms with Gasteiger partial charge in [0.1, 0.15) is 0 Å². The molecule has 0 spiro atoms. The van der Waals surface area contributed by atoms with E-state index in [0.717, 1.165) is 23.2 Å². The molecule has 5 heteroatoms. The van der Waals surface area contributed by atoms with Crippen molar-refractivity contribution in [3.05, 3.63) is 58.6 Å². The number of nitrogens with one attached hydrogen (secondary N) is 2. The van der Waals surface area contributed by atoms with E-state index in [9.17, 15) is 4.79 Å². The van der Waals surface area contributed by atoms with Crippen molar-refractivity contribution in [2.45, 2.75) is 20.0 Å². The van der Waals surface area contributed by atoms with Gasteiger partial charge in [0, 0.05) is 5.69 Å². The van der Waals surface area contributed by atoms with Gasteiger partial charge >= 0.3 is 0 Å². The van der Waals surface area contributed by atoms with Crippen LogP contribution in [0.4, 0.5) is 11.4 Å². The lowest BCUT2D eigenvalue weighted by atomic mass is 10.1. The number of hydrogen-bond donors (Lipinski definition) is 3. The number of rotatable bonds is 6. The predicted molar refractivity (Wildman–Crippen MR) is 90.3 cm³/mol. The van der Waals surface area contributed by atoms with Crippen LogP contribution in [0.1, 0.15) is 18.1 Å². The second kappa shape index (κ2) is 7.82. The van der Waals surface area contributed by atoms with Crippen LogP contribution in [-0.2, 0) is 17.8 Å². The standard InChI is InChI=1S/C17H19ClN2O2/c1-2-13-5-3-4-6-15(13)20-17(22)10-19-16-9-12(11-21)7-8-14(16)18/h3-9,19,21H,2,10-11H2,1H3,(H,20,22). The quantitative estimate of drug-likeness (QED) is 0.764. The van der Waals surface area contributed by atoms with Gasteiger partial charge in [0.25, 0.3) is 0 Å². The van der Waals surface area contributed by atoms with Crippen molar-refractivity contribution in [3.63, 3.8) is 0 Å². The molecular weight excluding hydrogens is 300 g/mol. The fourth-order valence-corrected chi connectivity index (χ4v) is 2.31. The molecule has 22 heavy (non-hydrogen) atoms. The molecule has 0 fully saturated rings. The molecule has 4 nitrogen and oxygen atoms in total. The summed E-state index contributed by atoms with van der Waals surface area (Å²) in [4.78, 5) is 12.1. The van der Waals surface area contributed by atoms with Crippen LogP contribution >= 0.6 is 11.6 Å². The molecule has 0 aromatic heterocycles. The molecule has 3 N–H and O–H groups in total. The van der Waals surface area contributed by atoms with Crippen LogP contribution in [-0.4, -0.2) is 17.6 Å². The van der Waals surface area contributed by atoms with Gasteiger partial charge in [-0.2, -0.15) is 0 Å². The molecule has 0 aliphatic rings. The maximum absolute atomic E-state index is 12.1. The highest BCUT2D eigenvalue weighted by molar-refractivity contribution is 6.33. The Labute approximate surface area is 135 Å². The minimum atomic E-state index is -0.147. The predicted octanol–water partition coefficient (Wildman–Crippen LogP) is 3.45. The second-order valence-electron chi connectivity index (χ2n) is 4.88. The van der Waals surface area contributed by atoms with E-state index in [1.165, 1.54) is 0 Å². The number of amides is 1. The number of anilines is 2. The van der Waals surface area contributed by atoms with Crippen LogP contribution in [0.3, 0.4) is 0 Å². The number of aliphatic hydroxyl groups excluding tert-OH is 1. The van der Waals surface area contributed by atoms with Crippen molar-refractivity contribution in [1.29, 1.82) is 0 Å². The largest absolute Gasteiger partial charge is 0.392 e. The van der Waals surface area contributed by atoms with E-state index in [1.54, 1.807) is 18.2 Å². The summed E-state index contributed by atoms with van der Waals surface area (Å²) in [7, 11) is 0. The Morgan fingerprint density at radius 2 is 1.95 bits per heavy atom. The van der Waals surface area contributed by atoms with Gasteiger partial charge in [-0.05, 0) is 35.7 Å². The van der Waals surface area contributed by atoms with E-state index in [4.69, 9.17) is 16.7 Å². The summed E-state index contributed by atoms with van der Waals surface area (Å²) in [5, 5.41) is 15.5. The zero-order valence-electron chi connectivity index (χ0n) is 12.4. The zero-order valence-corrected chi connectivity index (χ0v) is 13.2. The van der Waals surface area contributed by atoms with Crippen molar-refractivity contribution < 1.29 is 9.90 Å². The number of halogens is 1. The first-order valence-electron chi connectivity index (χ1n) is 7.15. The Kier molecular flexibility index (Phi) is 5.81. The first kappa shape index (κ1) is 16.3. The van der Waals surface area contributed by atoms with E-state index in [0.29, 0.717) is 10.7 Å². The van der Waals surface area contributed by atoms with Crippen LogP contribution in [0.15, 0.2) is 42.5 Å². The molecule has 116 valence electrons. The van der Waals surface area contributed by atoms with E-state index in [1.807, 2.05) is 31.2 Å². The maximum atomic E-state index is 12.1. The number of para-hydroxylation sites is 1. The normalized spacial score (nSPS) is 10.3. The van der Waals surface area contributed by atoms with Gasteiger partial charge in [-0.25, -0.2) is 0 Å². The van der Waals surface area contributed by atoms with Crippen LogP contribution < -0.4 is 10.6 Å². The Bertz CT molecular complexity index is 659. The van der Waals surface area contributed by atoms with Crippen molar-refractivity contribution in [3.8, 4) is 0 Å². The average molecular weight is 319 g/mol. The molecule has 1 amide bonds. The van der Waals surface area contributed by atoms with E-state index < -0.39 is 0 Å². The monoisotopic (exact) mass is 318 g/mol. The van der Waals surface area contributed by atoms with E-state index in [2.05, 4.69) is 10.6 Å². The summed E-state index contributed by atoms with van der Waals surface area (Å²) >= 11 is 6.07. The van der Waals surface area contributed by atoms with Gasteiger partial charge in [-0.1, -0.05) is 42.8 Å². The zero-order chi connectivity index (χ0) is 15.9. The van der Waals surface area contributed by atoms with Gasteiger partial charge < -0.3 is 15.7 Å². The lowest BCUT2D eigenvalue weighted by Crippen LogP contribution is -2.22. The van der Waals surface area contributed by atoms with Crippen molar-refractivity contribution >= 4 is 28.9 Å². The molecule has 2 rings (SSSR count).